The van der Waals surface area contributed by atoms with E-state index in [1.54, 1.807) is 0 Å². The molecule has 0 aliphatic heterocycles. The highest BCUT2D eigenvalue weighted by molar-refractivity contribution is 6.29. The molecule has 0 aromatic rings. The Balaban J connectivity index is 0. The summed E-state index contributed by atoms with van der Waals surface area (Å²) in [6.07, 6.45) is 2.67. The number of carboxylic acids is 2. The van der Waals surface area contributed by atoms with Gasteiger partial charge in [-0.25, -0.2) is 0 Å². The molecule has 2 unspecified atom stereocenters. The molecular weight excluding hydrogens is 295 g/mol. The van der Waals surface area contributed by atoms with E-state index < -0.39 is 23.4 Å². The van der Waals surface area contributed by atoms with Gasteiger partial charge in [-0.1, -0.05) is 19.8 Å². The van der Waals surface area contributed by atoms with E-state index in [0.717, 1.165) is 12.8 Å². The van der Waals surface area contributed by atoms with Crippen molar-refractivity contribution in [1.82, 2.24) is 0 Å². The first-order valence-corrected chi connectivity index (χ1v) is 7.14. The molecule has 3 N–H and O–H groups in total. The minimum absolute atomic E-state index is 0.184. The molecule has 0 radical (unpaired) electrons. The van der Waals surface area contributed by atoms with Gasteiger partial charge >= 0.3 is 11.9 Å². The summed E-state index contributed by atoms with van der Waals surface area (Å²) >= 11 is 10.7. The SMILES string of the molecule is CCCCC(Cl)C(=O)O.O=C(O)CC(O)CCCCl. The predicted octanol–water partition coefficient (Wildman–Crippen LogP) is 2.71. The zero-order valence-corrected chi connectivity index (χ0v) is 12.5. The average molecular weight is 317 g/mol. The van der Waals surface area contributed by atoms with Crippen LogP contribution in [0.25, 0.3) is 0 Å². The summed E-state index contributed by atoms with van der Waals surface area (Å²) in [4.78, 5) is 20.1. The van der Waals surface area contributed by atoms with Gasteiger partial charge in [0.1, 0.15) is 5.38 Å². The Morgan fingerprint density at radius 3 is 2.11 bits per heavy atom. The maximum Gasteiger partial charge on any atom is 0.321 e. The van der Waals surface area contributed by atoms with Crippen molar-refractivity contribution in [2.45, 2.75) is 56.9 Å². The Hall–Kier alpha value is -0.520. The van der Waals surface area contributed by atoms with Gasteiger partial charge in [0.15, 0.2) is 0 Å². The van der Waals surface area contributed by atoms with Crippen molar-refractivity contribution >= 4 is 35.1 Å². The molecule has 2 atom stereocenters. The normalized spacial score (nSPS) is 13.1. The van der Waals surface area contributed by atoms with E-state index >= 15 is 0 Å². The van der Waals surface area contributed by atoms with Gasteiger partial charge in [-0.05, 0) is 19.3 Å². The number of unbranched alkanes of at least 4 members (excludes halogenated alkanes) is 1. The fourth-order valence-electron chi connectivity index (χ4n) is 1.12. The highest BCUT2D eigenvalue weighted by atomic mass is 35.5. The van der Waals surface area contributed by atoms with Crippen molar-refractivity contribution in [3.05, 3.63) is 0 Å². The summed E-state index contributed by atoms with van der Waals surface area (Å²) in [5.74, 6) is -1.41. The molecule has 0 saturated carbocycles. The van der Waals surface area contributed by atoms with E-state index in [4.69, 9.17) is 38.5 Å². The third-order valence-corrected chi connectivity index (χ3v) is 2.83. The summed E-state index contributed by atoms with van der Waals surface area (Å²) in [7, 11) is 0. The lowest BCUT2D eigenvalue weighted by Crippen LogP contribution is -2.12. The van der Waals surface area contributed by atoms with Gasteiger partial charge < -0.3 is 15.3 Å². The van der Waals surface area contributed by atoms with Crippen LogP contribution in [0.2, 0.25) is 0 Å². The quantitative estimate of drug-likeness (QED) is 0.568. The van der Waals surface area contributed by atoms with E-state index in [1.165, 1.54) is 0 Å². The van der Waals surface area contributed by atoms with Crippen molar-refractivity contribution in [2.24, 2.45) is 0 Å². The number of aliphatic hydroxyl groups excluding tert-OH is 1. The molecule has 0 rings (SSSR count). The van der Waals surface area contributed by atoms with Gasteiger partial charge in [0.05, 0.1) is 12.5 Å². The molecule has 114 valence electrons. The summed E-state index contributed by atoms with van der Waals surface area (Å²) in [5.41, 5.74) is 0. The van der Waals surface area contributed by atoms with E-state index in [1.807, 2.05) is 6.92 Å². The molecule has 0 aliphatic carbocycles. The van der Waals surface area contributed by atoms with Crippen LogP contribution < -0.4 is 0 Å². The summed E-state index contributed by atoms with van der Waals surface area (Å²) in [6, 6.07) is 0. The zero-order chi connectivity index (χ0) is 15.3. The monoisotopic (exact) mass is 316 g/mol. The van der Waals surface area contributed by atoms with E-state index in [2.05, 4.69) is 0 Å². The van der Waals surface area contributed by atoms with Crippen molar-refractivity contribution in [3.8, 4) is 0 Å². The summed E-state index contributed by atoms with van der Waals surface area (Å²) in [5, 5.41) is 24.7. The highest BCUT2D eigenvalue weighted by Gasteiger charge is 2.11. The highest BCUT2D eigenvalue weighted by Crippen LogP contribution is 2.06. The number of carboxylic acid groups (broad SMARTS) is 2. The molecule has 0 amide bonds. The maximum atomic E-state index is 10.1. The lowest BCUT2D eigenvalue weighted by Gasteiger charge is -2.04. The zero-order valence-electron chi connectivity index (χ0n) is 11.0. The van der Waals surface area contributed by atoms with Crippen molar-refractivity contribution < 1.29 is 24.9 Å². The predicted molar refractivity (Wildman–Crippen MR) is 75.0 cm³/mol. The third kappa shape index (κ3) is 17.5. The van der Waals surface area contributed by atoms with Crippen LogP contribution in [0, 0.1) is 0 Å². The van der Waals surface area contributed by atoms with Gasteiger partial charge in [-0.3, -0.25) is 9.59 Å². The number of alkyl halides is 2. The molecular formula is C12H22Cl2O5. The van der Waals surface area contributed by atoms with Crippen molar-refractivity contribution in [2.75, 3.05) is 5.88 Å². The third-order valence-electron chi connectivity index (χ3n) is 2.16. The topological polar surface area (TPSA) is 94.8 Å². The van der Waals surface area contributed by atoms with Crippen LogP contribution in [0.15, 0.2) is 0 Å². The number of rotatable bonds is 9. The van der Waals surface area contributed by atoms with Gasteiger partial charge in [-0.2, -0.15) is 0 Å². The molecule has 19 heavy (non-hydrogen) atoms. The Morgan fingerprint density at radius 1 is 1.16 bits per heavy atom. The van der Waals surface area contributed by atoms with Crippen LogP contribution in [0.3, 0.4) is 0 Å². The second-order valence-electron chi connectivity index (χ2n) is 4.03. The number of aliphatic hydroxyl groups is 1. The van der Waals surface area contributed by atoms with Crippen molar-refractivity contribution in [3.63, 3.8) is 0 Å². The average Bonchev–Trinajstić information content (AvgIpc) is 2.33. The van der Waals surface area contributed by atoms with Crippen LogP contribution in [0.4, 0.5) is 0 Å². The van der Waals surface area contributed by atoms with Crippen LogP contribution in [-0.2, 0) is 9.59 Å². The lowest BCUT2D eigenvalue weighted by atomic mass is 10.1. The van der Waals surface area contributed by atoms with Gasteiger partial charge in [0.2, 0.25) is 0 Å². The van der Waals surface area contributed by atoms with E-state index in [0.29, 0.717) is 25.1 Å². The first-order chi connectivity index (χ1) is 8.84. The minimum atomic E-state index is -0.970. The molecule has 0 bridgehead atoms. The van der Waals surface area contributed by atoms with Crippen LogP contribution >= 0.6 is 23.2 Å². The second kappa shape index (κ2) is 13.9. The van der Waals surface area contributed by atoms with Crippen LogP contribution in [0.5, 0.6) is 0 Å². The standard InChI is InChI=1S/C6H11ClO3.C6H11ClO2/c7-3-1-2-5(8)4-6(9)10;1-2-3-4-5(7)6(8)9/h5,8H,1-4H2,(H,9,10);5H,2-4H2,1H3,(H,8,9). The van der Waals surface area contributed by atoms with Gasteiger partial charge in [0.25, 0.3) is 0 Å². The van der Waals surface area contributed by atoms with Gasteiger partial charge in [-0.15, -0.1) is 23.2 Å². The van der Waals surface area contributed by atoms with Crippen LogP contribution in [-0.4, -0.2) is 44.6 Å². The van der Waals surface area contributed by atoms with E-state index in [9.17, 15) is 9.59 Å². The molecule has 0 fully saturated rings. The maximum absolute atomic E-state index is 10.1. The molecule has 0 heterocycles. The Kier molecular flexibility index (Phi) is 15.2. The number of aliphatic carboxylic acids is 2. The largest absolute Gasteiger partial charge is 0.481 e. The Labute approximate surface area is 123 Å². The van der Waals surface area contributed by atoms with Gasteiger partial charge in [0, 0.05) is 5.88 Å². The number of carbonyl (C=O) groups is 2. The summed E-state index contributed by atoms with van der Waals surface area (Å²) < 4.78 is 0. The smallest absolute Gasteiger partial charge is 0.321 e. The molecule has 0 aromatic carbocycles. The molecule has 0 aromatic heterocycles. The minimum Gasteiger partial charge on any atom is -0.481 e. The Morgan fingerprint density at radius 2 is 1.74 bits per heavy atom. The lowest BCUT2D eigenvalue weighted by molar-refractivity contribution is -0.139. The summed E-state index contributed by atoms with van der Waals surface area (Å²) in [6.45, 7) is 2.01. The molecule has 0 spiro atoms. The number of hydrogen-bond acceptors (Lipinski definition) is 3. The Bertz CT molecular complexity index is 248. The van der Waals surface area contributed by atoms with Crippen molar-refractivity contribution in [1.29, 1.82) is 0 Å². The number of hydrogen-bond donors (Lipinski definition) is 3. The molecule has 0 aliphatic rings. The fraction of sp³-hybridized carbons (Fsp3) is 0.833. The first kappa shape index (κ1) is 20.8. The second-order valence-corrected chi connectivity index (χ2v) is 4.94. The van der Waals surface area contributed by atoms with E-state index in [-0.39, 0.29) is 6.42 Å². The fourth-order valence-corrected chi connectivity index (χ4v) is 1.43. The first-order valence-electron chi connectivity index (χ1n) is 6.17. The molecule has 0 saturated heterocycles. The molecule has 5 nitrogen and oxygen atoms in total. The number of halogens is 2. The van der Waals surface area contributed by atoms with Crippen LogP contribution in [0.1, 0.15) is 45.4 Å². The molecule has 7 heteroatoms.